The van der Waals surface area contributed by atoms with E-state index in [1.807, 2.05) is 20.8 Å². The SMILES string of the molecule is C=C(C)C(=O)OCCN[C@@H](C)CC=CC(=O)OCCNC(C)C. The zero-order valence-electron chi connectivity index (χ0n) is 14.7. The van der Waals surface area contributed by atoms with Crippen LogP contribution in [0.3, 0.4) is 0 Å². The highest BCUT2D eigenvalue weighted by molar-refractivity contribution is 5.86. The Bertz CT molecular complexity index is 405. The van der Waals surface area contributed by atoms with Gasteiger partial charge in [0.1, 0.15) is 13.2 Å². The molecule has 0 heterocycles. The monoisotopic (exact) mass is 326 g/mol. The minimum atomic E-state index is -0.381. The van der Waals surface area contributed by atoms with E-state index < -0.39 is 0 Å². The standard InChI is InChI=1S/C17H30N2O4/c1-13(2)17(21)23-12-10-19-15(5)7-6-8-16(20)22-11-9-18-14(3)4/h6,8,14-15,18-19H,1,7,9-12H2,2-5H3/t15-/m0/s1. The summed E-state index contributed by atoms with van der Waals surface area (Å²) < 4.78 is 10.0. The fraction of sp³-hybridized carbons (Fsp3) is 0.647. The van der Waals surface area contributed by atoms with Crippen LogP contribution < -0.4 is 10.6 Å². The maximum atomic E-state index is 11.4. The first kappa shape index (κ1) is 21.3. The third-order valence-corrected chi connectivity index (χ3v) is 2.82. The molecule has 6 heteroatoms. The van der Waals surface area contributed by atoms with Gasteiger partial charge in [-0.1, -0.05) is 26.5 Å². The van der Waals surface area contributed by atoms with Gasteiger partial charge in [0.05, 0.1) is 0 Å². The molecule has 0 saturated carbocycles. The van der Waals surface area contributed by atoms with E-state index in [1.54, 1.807) is 13.0 Å². The summed E-state index contributed by atoms with van der Waals surface area (Å²) in [5, 5.41) is 6.36. The smallest absolute Gasteiger partial charge is 0.333 e. The fourth-order valence-corrected chi connectivity index (χ4v) is 1.57. The first-order chi connectivity index (χ1) is 10.8. The Morgan fingerprint density at radius 1 is 1.09 bits per heavy atom. The second-order valence-corrected chi connectivity index (χ2v) is 5.69. The molecule has 0 radical (unpaired) electrons. The topological polar surface area (TPSA) is 76.7 Å². The van der Waals surface area contributed by atoms with Crippen molar-refractivity contribution < 1.29 is 19.1 Å². The Balaban J connectivity index is 3.67. The van der Waals surface area contributed by atoms with Gasteiger partial charge in [-0.05, 0) is 20.3 Å². The predicted molar refractivity (Wildman–Crippen MR) is 91.1 cm³/mol. The number of hydrogen-bond acceptors (Lipinski definition) is 6. The maximum absolute atomic E-state index is 11.4. The summed E-state index contributed by atoms with van der Waals surface area (Å²) in [6, 6.07) is 0.552. The molecule has 6 nitrogen and oxygen atoms in total. The van der Waals surface area contributed by atoms with E-state index in [-0.39, 0.29) is 18.0 Å². The maximum Gasteiger partial charge on any atom is 0.333 e. The van der Waals surface area contributed by atoms with Crippen LogP contribution >= 0.6 is 0 Å². The van der Waals surface area contributed by atoms with Crippen LogP contribution in [0.5, 0.6) is 0 Å². The van der Waals surface area contributed by atoms with Gasteiger partial charge in [0, 0.05) is 36.8 Å². The van der Waals surface area contributed by atoms with Crippen LogP contribution in [0, 0.1) is 0 Å². The van der Waals surface area contributed by atoms with Crippen LogP contribution in [0.15, 0.2) is 24.3 Å². The number of carbonyl (C=O) groups is 2. The lowest BCUT2D eigenvalue weighted by Crippen LogP contribution is -2.29. The Morgan fingerprint density at radius 2 is 1.70 bits per heavy atom. The third kappa shape index (κ3) is 13.7. The van der Waals surface area contributed by atoms with Crippen molar-refractivity contribution in [1.29, 1.82) is 0 Å². The summed E-state index contributed by atoms with van der Waals surface area (Å²) in [5.41, 5.74) is 0.392. The molecular formula is C17H30N2O4. The number of ether oxygens (including phenoxy) is 2. The van der Waals surface area contributed by atoms with E-state index >= 15 is 0 Å². The van der Waals surface area contributed by atoms with E-state index in [0.717, 1.165) is 0 Å². The van der Waals surface area contributed by atoms with Crippen molar-refractivity contribution in [2.75, 3.05) is 26.3 Å². The molecule has 0 saturated heterocycles. The highest BCUT2D eigenvalue weighted by Crippen LogP contribution is 1.95. The minimum absolute atomic E-state index is 0.171. The summed E-state index contributed by atoms with van der Waals surface area (Å²) in [6.45, 7) is 13.1. The second-order valence-electron chi connectivity index (χ2n) is 5.69. The summed E-state index contributed by atoms with van der Waals surface area (Å²) in [5.74, 6) is -0.716. The zero-order valence-corrected chi connectivity index (χ0v) is 14.7. The number of rotatable bonds is 12. The molecular weight excluding hydrogens is 296 g/mol. The predicted octanol–water partition coefficient (Wildman–Crippen LogP) is 1.57. The molecule has 1 atom stereocenters. The summed E-state index contributed by atoms with van der Waals surface area (Å²) in [7, 11) is 0. The molecule has 0 aromatic carbocycles. The third-order valence-electron chi connectivity index (χ3n) is 2.82. The first-order valence-corrected chi connectivity index (χ1v) is 7.95. The second kappa shape index (κ2) is 12.8. The van der Waals surface area contributed by atoms with E-state index in [4.69, 9.17) is 9.47 Å². The molecule has 0 aromatic rings. The number of carbonyl (C=O) groups excluding carboxylic acids is 2. The van der Waals surface area contributed by atoms with E-state index in [1.165, 1.54) is 6.08 Å². The van der Waals surface area contributed by atoms with Gasteiger partial charge >= 0.3 is 11.9 Å². The average Bonchev–Trinajstić information content (AvgIpc) is 2.47. The molecule has 0 aliphatic heterocycles. The first-order valence-electron chi connectivity index (χ1n) is 7.95. The molecule has 2 N–H and O–H groups in total. The molecule has 0 rings (SSSR count). The molecule has 0 spiro atoms. The molecule has 132 valence electrons. The van der Waals surface area contributed by atoms with Gasteiger partial charge in [-0.2, -0.15) is 0 Å². The van der Waals surface area contributed by atoms with Gasteiger partial charge in [-0.3, -0.25) is 0 Å². The van der Waals surface area contributed by atoms with Crippen molar-refractivity contribution in [3.8, 4) is 0 Å². The lowest BCUT2D eigenvalue weighted by Gasteiger charge is -2.11. The van der Waals surface area contributed by atoms with E-state index in [9.17, 15) is 9.59 Å². The van der Waals surface area contributed by atoms with E-state index in [0.29, 0.717) is 44.3 Å². The Hall–Kier alpha value is -1.66. The van der Waals surface area contributed by atoms with Gasteiger partial charge in [0.15, 0.2) is 0 Å². The van der Waals surface area contributed by atoms with Gasteiger partial charge in [0.25, 0.3) is 0 Å². The van der Waals surface area contributed by atoms with Gasteiger partial charge in [-0.25, -0.2) is 9.59 Å². The largest absolute Gasteiger partial charge is 0.461 e. The molecule has 0 aromatic heterocycles. The van der Waals surface area contributed by atoms with Crippen LogP contribution in [-0.2, 0) is 19.1 Å². The number of hydrogen-bond donors (Lipinski definition) is 2. The van der Waals surface area contributed by atoms with Crippen molar-refractivity contribution in [3.05, 3.63) is 24.3 Å². The zero-order chi connectivity index (χ0) is 17.7. The Morgan fingerprint density at radius 3 is 2.30 bits per heavy atom. The van der Waals surface area contributed by atoms with Crippen LogP contribution in [0.1, 0.15) is 34.1 Å². The van der Waals surface area contributed by atoms with Crippen molar-refractivity contribution in [3.63, 3.8) is 0 Å². The number of esters is 2. The molecule has 0 unspecified atom stereocenters. The lowest BCUT2D eigenvalue weighted by atomic mass is 10.2. The highest BCUT2D eigenvalue weighted by Gasteiger charge is 2.04. The van der Waals surface area contributed by atoms with Crippen molar-refractivity contribution in [2.45, 2.75) is 46.2 Å². The van der Waals surface area contributed by atoms with Crippen molar-refractivity contribution >= 4 is 11.9 Å². The summed E-state index contributed by atoms with van der Waals surface area (Å²) in [6.07, 6.45) is 3.90. The molecule has 0 aliphatic carbocycles. The minimum Gasteiger partial charge on any atom is -0.461 e. The Labute approximate surface area is 139 Å². The normalized spacial score (nSPS) is 12.4. The molecule has 0 amide bonds. The van der Waals surface area contributed by atoms with Crippen LogP contribution in [-0.4, -0.2) is 50.3 Å². The molecule has 0 bridgehead atoms. The molecule has 23 heavy (non-hydrogen) atoms. The average molecular weight is 326 g/mol. The molecule has 0 fully saturated rings. The van der Waals surface area contributed by atoms with Gasteiger partial charge in [-0.15, -0.1) is 0 Å². The van der Waals surface area contributed by atoms with Gasteiger partial charge < -0.3 is 20.1 Å². The number of nitrogens with one attached hydrogen (secondary N) is 2. The van der Waals surface area contributed by atoms with Gasteiger partial charge in [0.2, 0.25) is 0 Å². The van der Waals surface area contributed by atoms with Crippen molar-refractivity contribution in [1.82, 2.24) is 10.6 Å². The van der Waals surface area contributed by atoms with E-state index in [2.05, 4.69) is 17.2 Å². The van der Waals surface area contributed by atoms with Crippen LogP contribution in [0.4, 0.5) is 0 Å². The van der Waals surface area contributed by atoms with Crippen molar-refractivity contribution in [2.24, 2.45) is 0 Å². The molecule has 0 aliphatic rings. The Kier molecular flexibility index (Phi) is 11.9. The lowest BCUT2D eigenvalue weighted by molar-refractivity contribution is -0.139. The quantitative estimate of drug-likeness (QED) is 0.322. The summed E-state index contributed by atoms with van der Waals surface area (Å²) >= 11 is 0. The fourth-order valence-electron chi connectivity index (χ4n) is 1.57. The van der Waals surface area contributed by atoms with Crippen LogP contribution in [0.2, 0.25) is 0 Å². The van der Waals surface area contributed by atoms with Crippen LogP contribution in [0.25, 0.3) is 0 Å². The highest BCUT2D eigenvalue weighted by atomic mass is 16.5. The summed E-state index contributed by atoms with van der Waals surface area (Å²) in [4.78, 5) is 22.6.